The van der Waals surface area contributed by atoms with Gasteiger partial charge < -0.3 is 0 Å². The van der Waals surface area contributed by atoms with Crippen LogP contribution in [0.4, 0.5) is 0 Å². The SMILES string of the molecule is CC1(C)c2ccccc2-c2ccc(-c3cccc4c5ccccc5n(-c5nc(-c6ccccc6)nc(-c6ccccc6)n5)c34)cc21. The Bertz CT molecular complexity index is 2380. The van der Waals surface area contributed by atoms with E-state index < -0.39 is 0 Å². The molecule has 0 unspecified atom stereocenters. The Balaban J connectivity index is 1.34. The first-order chi connectivity index (χ1) is 22.6. The van der Waals surface area contributed by atoms with Gasteiger partial charge in [-0.25, -0.2) is 4.98 Å². The van der Waals surface area contributed by atoms with Crippen LogP contribution in [0.25, 0.3) is 72.8 Å². The Morgan fingerprint density at radius 3 is 1.78 bits per heavy atom. The maximum absolute atomic E-state index is 5.16. The summed E-state index contributed by atoms with van der Waals surface area (Å²) in [6.07, 6.45) is 0. The summed E-state index contributed by atoms with van der Waals surface area (Å²) in [7, 11) is 0. The van der Waals surface area contributed by atoms with Crippen molar-refractivity contribution in [3.63, 3.8) is 0 Å². The first kappa shape index (κ1) is 26.5. The van der Waals surface area contributed by atoms with Crippen LogP contribution in [0.1, 0.15) is 25.0 Å². The van der Waals surface area contributed by atoms with Gasteiger partial charge in [0.15, 0.2) is 11.6 Å². The highest BCUT2D eigenvalue weighted by Gasteiger charge is 2.35. The molecule has 0 fully saturated rings. The number of fused-ring (bicyclic) bond motifs is 6. The van der Waals surface area contributed by atoms with Gasteiger partial charge in [-0.15, -0.1) is 0 Å². The molecule has 0 saturated heterocycles. The molecule has 218 valence electrons. The average Bonchev–Trinajstić information content (AvgIpc) is 3.58. The number of benzene rings is 6. The molecule has 0 radical (unpaired) electrons. The molecule has 0 aliphatic heterocycles. The second kappa shape index (κ2) is 10.1. The zero-order valence-corrected chi connectivity index (χ0v) is 25.6. The van der Waals surface area contributed by atoms with Crippen LogP contribution >= 0.6 is 0 Å². The Kier molecular flexibility index (Phi) is 5.81. The number of para-hydroxylation sites is 2. The van der Waals surface area contributed by atoms with E-state index in [0.29, 0.717) is 17.6 Å². The molecule has 8 aromatic rings. The van der Waals surface area contributed by atoms with Gasteiger partial charge >= 0.3 is 0 Å². The maximum Gasteiger partial charge on any atom is 0.238 e. The van der Waals surface area contributed by atoms with E-state index in [1.807, 2.05) is 36.4 Å². The zero-order chi connectivity index (χ0) is 30.8. The summed E-state index contributed by atoms with van der Waals surface area (Å²) in [4.78, 5) is 15.3. The van der Waals surface area contributed by atoms with Crippen LogP contribution in [0.2, 0.25) is 0 Å². The molecule has 6 aromatic carbocycles. The minimum Gasteiger partial charge on any atom is -0.277 e. The normalized spacial score (nSPS) is 13.2. The molecule has 2 heterocycles. The zero-order valence-electron chi connectivity index (χ0n) is 25.6. The Labute approximate surface area is 267 Å². The first-order valence-electron chi connectivity index (χ1n) is 15.7. The smallest absolute Gasteiger partial charge is 0.238 e. The van der Waals surface area contributed by atoms with Gasteiger partial charge in [0, 0.05) is 32.9 Å². The molecule has 0 bridgehead atoms. The second-order valence-electron chi connectivity index (χ2n) is 12.5. The molecule has 0 saturated carbocycles. The molecule has 0 N–H and O–H groups in total. The predicted molar refractivity (Wildman–Crippen MR) is 188 cm³/mol. The second-order valence-corrected chi connectivity index (χ2v) is 12.5. The van der Waals surface area contributed by atoms with Crippen LogP contribution < -0.4 is 0 Å². The fourth-order valence-electron chi connectivity index (χ4n) is 7.23. The average molecular weight is 591 g/mol. The summed E-state index contributed by atoms with van der Waals surface area (Å²) >= 11 is 0. The highest BCUT2D eigenvalue weighted by Crippen LogP contribution is 2.50. The van der Waals surface area contributed by atoms with Gasteiger partial charge in [-0.2, -0.15) is 9.97 Å². The van der Waals surface area contributed by atoms with E-state index >= 15 is 0 Å². The number of hydrogen-bond acceptors (Lipinski definition) is 3. The molecule has 1 aliphatic rings. The molecule has 0 atom stereocenters. The van der Waals surface area contributed by atoms with Crippen molar-refractivity contribution in [3.05, 3.63) is 157 Å². The highest BCUT2D eigenvalue weighted by atomic mass is 15.2. The maximum atomic E-state index is 5.16. The van der Waals surface area contributed by atoms with Gasteiger partial charge in [0.1, 0.15) is 0 Å². The quantitative estimate of drug-likeness (QED) is 0.205. The number of aromatic nitrogens is 4. The van der Waals surface area contributed by atoms with Gasteiger partial charge in [0.2, 0.25) is 5.95 Å². The number of nitrogens with zero attached hydrogens (tertiary/aromatic N) is 4. The molecule has 1 aliphatic carbocycles. The summed E-state index contributed by atoms with van der Waals surface area (Å²) in [5.74, 6) is 1.88. The van der Waals surface area contributed by atoms with Crippen molar-refractivity contribution in [2.75, 3.05) is 0 Å². The summed E-state index contributed by atoms with van der Waals surface area (Å²) in [6, 6.07) is 51.2. The third-order valence-corrected chi connectivity index (χ3v) is 9.48. The minimum absolute atomic E-state index is 0.0913. The van der Waals surface area contributed by atoms with E-state index in [4.69, 9.17) is 15.0 Å². The van der Waals surface area contributed by atoms with Crippen molar-refractivity contribution in [3.8, 4) is 51.0 Å². The Morgan fingerprint density at radius 2 is 1.04 bits per heavy atom. The molecule has 4 nitrogen and oxygen atoms in total. The first-order valence-corrected chi connectivity index (χ1v) is 15.7. The summed E-state index contributed by atoms with van der Waals surface area (Å²) in [5, 5.41) is 2.33. The van der Waals surface area contributed by atoms with E-state index in [-0.39, 0.29) is 5.41 Å². The predicted octanol–water partition coefficient (Wildman–Crippen LogP) is 10.3. The lowest BCUT2D eigenvalue weighted by Crippen LogP contribution is -2.14. The third kappa shape index (κ3) is 3.97. The van der Waals surface area contributed by atoms with E-state index in [1.165, 1.54) is 33.2 Å². The van der Waals surface area contributed by atoms with E-state index in [2.05, 4.69) is 128 Å². The number of rotatable bonds is 4. The topological polar surface area (TPSA) is 43.6 Å². The van der Waals surface area contributed by atoms with Gasteiger partial charge in [0.05, 0.1) is 11.0 Å². The van der Waals surface area contributed by atoms with Crippen LogP contribution in [-0.4, -0.2) is 19.5 Å². The summed E-state index contributed by atoms with van der Waals surface area (Å²) in [6.45, 7) is 4.67. The van der Waals surface area contributed by atoms with Crippen LogP contribution in [0.3, 0.4) is 0 Å². The van der Waals surface area contributed by atoms with Crippen LogP contribution in [0.5, 0.6) is 0 Å². The molecule has 0 spiro atoms. The summed E-state index contributed by atoms with van der Waals surface area (Å²) < 4.78 is 2.23. The van der Waals surface area contributed by atoms with Crippen molar-refractivity contribution >= 4 is 21.8 Å². The lowest BCUT2D eigenvalue weighted by Gasteiger charge is -2.22. The molecule has 2 aromatic heterocycles. The number of hydrogen-bond donors (Lipinski definition) is 0. The van der Waals surface area contributed by atoms with Crippen molar-refractivity contribution in [2.24, 2.45) is 0 Å². The molecule has 9 rings (SSSR count). The Morgan fingerprint density at radius 1 is 0.457 bits per heavy atom. The van der Waals surface area contributed by atoms with Crippen LogP contribution in [-0.2, 0) is 5.41 Å². The largest absolute Gasteiger partial charge is 0.277 e. The Hall–Kier alpha value is -5.87. The summed E-state index contributed by atoms with van der Waals surface area (Å²) in [5.41, 5.74) is 11.6. The van der Waals surface area contributed by atoms with E-state index in [9.17, 15) is 0 Å². The van der Waals surface area contributed by atoms with Gasteiger partial charge in [-0.1, -0.05) is 147 Å². The van der Waals surface area contributed by atoms with Crippen LogP contribution in [0, 0.1) is 0 Å². The van der Waals surface area contributed by atoms with E-state index in [0.717, 1.165) is 33.1 Å². The highest BCUT2D eigenvalue weighted by molar-refractivity contribution is 6.13. The molecule has 4 heteroatoms. The van der Waals surface area contributed by atoms with Crippen LogP contribution in [0.15, 0.2) is 146 Å². The van der Waals surface area contributed by atoms with Gasteiger partial charge in [-0.05, 0) is 39.9 Å². The fourth-order valence-corrected chi connectivity index (χ4v) is 7.23. The van der Waals surface area contributed by atoms with Crippen molar-refractivity contribution in [1.29, 1.82) is 0 Å². The van der Waals surface area contributed by atoms with Gasteiger partial charge in [0.25, 0.3) is 0 Å². The minimum atomic E-state index is -0.0913. The van der Waals surface area contributed by atoms with Crippen molar-refractivity contribution < 1.29 is 0 Å². The lowest BCUT2D eigenvalue weighted by molar-refractivity contribution is 0.660. The molecular formula is C42H30N4. The molecule has 46 heavy (non-hydrogen) atoms. The third-order valence-electron chi connectivity index (χ3n) is 9.48. The molecule has 0 amide bonds. The van der Waals surface area contributed by atoms with E-state index in [1.54, 1.807) is 0 Å². The monoisotopic (exact) mass is 590 g/mol. The molecular weight excluding hydrogens is 560 g/mol. The van der Waals surface area contributed by atoms with Crippen molar-refractivity contribution in [2.45, 2.75) is 19.3 Å². The lowest BCUT2D eigenvalue weighted by atomic mass is 9.81. The fraction of sp³-hybridized carbons (Fsp3) is 0.0714. The van der Waals surface area contributed by atoms with Gasteiger partial charge in [-0.3, -0.25) is 4.57 Å². The standard InChI is InChI=1S/C42H30N4/c1-42(2)35-22-11-9-18-31(35)32-25-24-29(26-36(32)42)30-20-13-21-34-33-19-10-12-23-37(33)46(38(30)34)41-44-39(27-14-5-3-6-15-27)43-40(45-41)28-16-7-4-8-17-28/h3-26H,1-2H3. The van der Waals surface area contributed by atoms with Crippen molar-refractivity contribution in [1.82, 2.24) is 19.5 Å².